The van der Waals surface area contributed by atoms with Crippen molar-refractivity contribution in [2.75, 3.05) is 0 Å². The van der Waals surface area contributed by atoms with Crippen LogP contribution in [0.4, 0.5) is 4.39 Å². The Labute approximate surface area is 156 Å². The number of carbonyl (C=O) groups is 1. The summed E-state index contributed by atoms with van der Waals surface area (Å²) in [5, 5.41) is 12.0. The molecule has 0 spiro atoms. The van der Waals surface area contributed by atoms with E-state index < -0.39 is 5.97 Å². The number of aromatic nitrogens is 1. The van der Waals surface area contributed by atoms with Gasteiger partial charge in [-0.05, 0) is 48.5 Å². The highest BCUT2D eigenvalue weighted by atomic mass is 79.9. The van der Waals surface area contributed by atoms with E-state index in [9.17, 15) is 14.3 Å². The SMILES string of the molecule is O=C([O-])c1cc(-c2ccc(-c3cccc(F)c3)o2)nc2ccc(Br)cc12. The van der Waals surface area contributed by atoms with E-state index >= 15 is 0 Å². The monoisotopic (exact) mass is 410 g/mol. The Bertz CT molecular complexity index is 1150. The first kappa shape index (κ1) is 16.5. The molecule has 26 heavy (non-hydrogen) atoms. The predicted molar refractivity (Wildman–Crippen MR) is 96.9 cm³/mol. The molecular weight excluding hydrogens is 401 g/mol. The molecule has 128 valence electrons. The van der Waals surface area contributed by atoms with E-state index in [-0.39, 0.29) is 11.4 Å². The van der Waals surface area contributed by atoms with Gasteiger partial charge in [0.1, 0.15) is 17.3 Å². The topological polar surface area (TPSA) is 66.2 Å². The van der Waals surface area contributed by atoms with Crippen LogP contribution in [0.5, 0.6) is 0 Å². The van der Waals surface area contributed by atoms with Crippen LogP contribution in [0.2, 0.25) is 0 Å². The molecule has 2 heterocycles. The summed E-state index contributed by atoms with van der Waals surface area (Å²) >= 11 is 3.32. The molecule has 0 aliphatic rings. The Morgan fingerprint density at radius 3 is 2.62 bits per heavy atom. The van der Waals surface area contributed by atoms with Crippen molar-refractivity contribution in [3.05, 3.63) is 76.5 Å². The van der Waals surface area contributed by atoms with Gasteiger partial charge in [-0.25, -0.2) is 9.37 Å². The number of carboxylic acids is 1. The maximum atomic E-state index is 13.4. The first-order valence-corrected chi connectivity index (χ1v) is 8.48. The van der Waals surface area contributed by atoms with E-state index in [2.05, 4.69) is 20.9 Å². The van der Waals surface area contributed by atoms with Gasteiger partial charge in [0.25, 0.3) is 0 Å². The molecule has 4 aromatic rings. The second-order valence-electron chi connectivity index (χ2n) is 5.68. The lowest BCUT2D eigenvalue weighted by Crippen LogP contribution is -2.22. The zero-order valence-corrected chi connectivity index (χ0v) is 14.8. The second-order valence-corrected chi connectivity index (χ2v) is 6.59. The third-order valence-electron chi connectivity index (χ3n) is 3.96. The van der Waals surface area contributed by atoms with Crippen molar-refractivity contribution in [1.29, 1.82) is 0 Å². The molecule has 2 aromatic heterocycles. The molecule has 0 N–H and O–H groups in total. The number of benzene rings is 2. The van der Waals surface area contributed by atoms with Gasteiger partial charge in [-0.1, -0.05) is 28.1 Å². The number of furan rings is 1. The molecule has 0 unspecified atom stereocenters. The van der Waals surface area contributed by atoms with Crippen molar-refractivity contribution in [2.45, 2.75) is 0 Å². The summed E-state index contributed by atoms with van der Waals surface area (Å²) in [7, 11) is 0. The van der Waals surface area contributed by atoms with Crippen LogP contribution in [0, 0.1) is 5.82 Å². The van der Waals surface area contributed by atoms with Gasteiger partial charge < -0.3 is 14.3 Å². The lowest BCUT2D eigenvalue weighted by Gasteiger charge is -2.10. The van der Waals surface area contributed by atoms with Gasteiger partial charge >= 0.3 is 0 Å². The van der Waals surface area contributed by atoms with Gasteiger partial charge in [-0.3, -0.25) is 0 Å². The highest BCUT2D eigenvalue weighted by molar-refractivity contribution is 9.10. The minimum absolute atomic E-state index is 0.0232. The summed E-state index contributed by atoms with van der Waals surface area (Å²) < 4.78 is 19.9. The van der Waals surface area contributed by atoms with Crippen LogP contribution >= 0.6 is 15.9 Å². The summed E-state index contributed by atoms with van der Waals surface area (Å²) in [6, 6.07) is 16.0. The highest BCUT2D eigenvalue weighted by Gasteiger charge is 2.13. The van der Waals surface area contributed by atoms with Crippen LogP contribution in [-0.4, -0.2) is 11.0 Å². The van der Waals surface area contributed by atoms with Crippen molar-refractivity contribution in [3.63, 3.8) is 0 Å². The minimum Gasteiger partial charge on any atom is -0.545 e. The summed E-state index contributed by atoms with van der Waals surface area (Å²) in [4.78, 5) is 16.0. The standard InChI is InChI=1S/C20H11BrFNO3/c21-12-4-5-16-14(9-12)15(20(24)25)10-17(23-16)19-7-6-18(26-19)11-2-1-3-13(22)8-11/h1-10H,(H,24,25)/p-1. The normalized spacial score (nSPS) is 11.0. The molecule has 0 aliphatic carbocycles. The van der Waals surface area contributed by atoms with E-state index in [4.69, 9.17) is 4.42 Å². The van der Waals surface area contributed by atoms with Crippen LogP contribution in [0.1, 0.15) is 10.4 Å². The van der Waals surface area contributed by atoms with E-state index in [1.54, 1.807) is 42.5 Å². The van der Waals surface area contributed by atoms with Gasteiger partial charge in [-0.2, -0.15) is 0 Å². The van der Waals surface area contributed by atoms with Crippen molar-refractivity contribution in [3.8, 4) is 22.8 Å². The molecule has 2 aromatic carbocycles. The number of fused-ring (bicyclic) bond motifs is 1. The van der Waals surface area contributed by atoms with E-state index in [0.29, 0.717) is 33.7 Å². The van der Waals surface area contributed by atoms with E-state index in [1.165, 1.54) is 18.2 Å². The van der Waals surface area contributed by atoms with Crippen molar-refractivity contribution in [2.24, 2.45) is 0 Å². The summed E-state index contributed by atoms with van der Waals surface area (Å²) in [5.41, 5.74) is 1.48. The number of hydrogen-bond donors (Lipinski definition) is 0. The number of carbonyl (C=O) groups excluding carboxylic acids is 1. The lowest BCUT2D eigenvalue weighted by molar-refractivity contribution is -0.254. The summed E-state index contributed by atoms with van der Waals surface area (Å²) in [6.07, 6.45) is 0. The van der Waals surface area contributed by atoms with Gasteiger partial charge in [-0.15, -0.1) is 0 Å². The molecule has 0 amide bonds. The third-order valence-corrected chi connectivity index (χ3v) is 4.45. The first-order valence-electron chi connectivity index (χ1n) is 7.69. The average molecular weight is 411 g/mol. The zero-order chi connectivity index (χ0) is 18.3. The number of halogens is 2. The molecule has 0 radical (unpaired) electrons. The quantitative estimate of drug-likeness (QED) is 0.501. The Morgan fingerprint density at radius 2 is 1.85 bits per heavy atom. The van der Waals surface area contributed by atoms with Crippen LogP contribution in [-0.2, 0) is 0 Å². The molecule has 4 nitrogen and oxygen atoms in total. The number of carboxylic acid groups (broad SMARTS) is 1. The van der Waals surface area contributed by atoms with Gasteiger partial charge in [0.15, 0.2) is 5.76 Å². The molecule has 0 fully saturated rings. The van der Waals surface area contributed by atoms with Crippen molar-refractivity contribution in [1.82, 2.24) is 4.98 Å². The summed E-state index contributed by atoms with van der Waals surface area (Å²) in [5.74, 6) is -0.813. The van der Waals surface area contributed by atoms with Crippen LogP contribution in [0.25, 0.3) is 33.7 Å². The summed E-state index contributed by atoms with van der Waals surface area (Å²) in [6.45, 7) is 0. The first-order chi connectivity index (χ1) is 12.5. The maximum Gasteiger partial charge on any atom is 0.153 e. The molecule has 0 aliphatic heterocycles. The lowest BCUT2D eigenvalue weighted by atomic mass is 10.1. The fraction of sp³-hybridized carbons (Fsp3) is 0. The molecule has 0 bridgehead atoms. The molecule has 0 saturated heterocycles. The Balaban J connectivity index is 1.85. The third kappa shape index (κ3) is 2.99. The van der Waals surface area contributed by atoms with Crippen molar-refractivity contribution < 1.29 is 18.7 Å². The highest BCUT2D eigenvalue weighted by Crippen LogP contribution is 2.31. The number of rotatable bonds is 3. The number of hydrogen-bond acceptors (Lipinski definition) is 4. The Kier molecular flexibility index (Phi) is 4.05. The molecule has 0 saturated carbocycles. The number of aromatic carboxylic acids is 1. The minimum atomic E-state index is -1.30. The number of nitrogens with zero attached hydrogens (tertiary/aromatic N) is 1. The van der Waals surface area contributed by atoms with Crippen molar-refractivity contribution >= 4 is 32.8 Å². The number of pyridine rings is 1. The molecular formula is C20H10BrFNO3-. The maximum absolute atomic E-state index is 13.4. The predicted octanol–water partition coefficient (Wildman–Crippen LogP) is 4.43. The average Bonchev–Trinajstić information content (AvgIpc) is 3.11. The van der Waals surface area contributed by atoms with Crippen LogP contribution in [0.15, 0.2) is 69.6 Å². The zero-order valence-electron chi connectivity index (χ0n) is 13.2. The van der Waals surface area contributed by atoms with Gasteiger partial charge in [0, 0.05) is 21.0 Å². The van der Waals surface area contributed by atoms with Gasteiger partial charge in [0.2, 0.25) is 0 Å². The fourth-order valence-electron chi connectivity index (χ4n) is 2.77. The van der Waals surface area contributed by atoms with Gasteiger partial charge in [0.05, 0.1) is 11.5 Å². The van der Waals surface area contributed by atoms with E-state index in [0.717, 1.165) is 4.47 Å². The Morgan fingerprint density at radius 1 is 1.04 bits per heavy atom. The Hall–Kier alpha value is -2.99. The van der Waals surface area contributed by atoms with Crippen LogP contribution < -0.4 is 5.11 Å². The largest absolute Gasteiger partial charge is 0.545 e. The molecule has 4 rings (SSSR count). The van der Waals surface area contributed by atoms with Crippen LogP contribution in [0.3, 0.4) is 0 Å². The molecule has 0 atom stereocenters. The fourth-order valence-corrected chi connectivity index (χ4v) is 3.13. The smallest absolute Gasteiger partial charge is 0.153 e. The second kappa shape index (κ2) is 6.38. The van der Waals surface area contributed by atoms with E-state index in [1.807, 2.05) is 0 Å². The molecule has 6 heteroatoms.